The maximum atomic E-state index is 13.5. The van der Waals surface area contributed by atoms with Crippen LogP contribution in [0.3, 0.4) is 0 Å². The number of anilines is 1. The Morgan fingerprint density at radius 3 is 2.60 bits per heavy atom. The van der Waals surface area contributed by atoms with Crippen LogP contribution in [0.5, 0.6) is 11.5 Å². The number of carbonyl (C=O) groups excluding carboxylic acids is 3. The lowest BCUT2D eigenvalue weighted by Gasteiger charge is -2.24. The predicted octanol–water partition coefficient (Wildman–Crippen LogP) is 3.32. The van der Waals surface area contributed by atoms with Crippen LogP contribution in [0.25, 0.3) is 11.0 Å². The Balaban J connectivity index is 1.16. The summed E-state index contributed by atoms with van der Waals surface area (Å²) in [5.74, 6) is 0.878. The van der Waals surface area contributed by atoms with Gasteiger partial charge in [-0.15, -0.1) is 0 Å². The normalized spacial score (nSPS) is 19.8. The number of hydrogen-bond acceptors (Lipinski definition) is 9. The lowest BCUT2D eigenvalue weighted by molar-refractivity contribution is -0.142. The first-order valence-corrected chi connectivity index (χ1v) is 13.0. The predicted molar refractivity (Wildman–Crippen MR) is 144 cm³/mol. The number of ketones is 1. The molecule has 2 N–H and O–H groups in total. The van der Waals surface area contributed by atoms with Crippen LogP contribution in [-0.2, 0) is 19.1 Å². The second-order valence-electron chi connectivity index (χ2n) is 9.63. The zero-order valence-corrected chi connectivity index (χ0v) is 21.7. The van der Waals surface area contributed by atoms with E-state index >= 15 is 0 Å². The summed E-state index contributed by atoms with van der Waals surface area (Å²) in [6.45, 7) is 0.994. The Morgan fingerprint density at radius 1 is 1.05 bits per heavy atom. The van der Waals surface area contributed by atoms with Crippen LogP contribution in [0.15, 0.2) is 67.1 Å². The summed E-state index contributed by atoms with van der Waals surface area (Å²) in [4.78, 5) is 51.6. The van der Waals surface area contributed by atoms with Crippen LogP contribution in [0.1, 0.15) is 28.8 Å². The minimum atomic E-state index is -0.833. The van der Waals surface area contributed by atoms with Gasteiger partial charge in [0, 0.05) is 30.9 Å². The van der Waals surface area contributed by atoms with Gasteiger partial charge in [0.1, 0.15) is 29.3 Å². The van der Waals surface area contributed by atoms with Crippen molar-refractivity contribution in [1.29, 1.82) is 0 Å². The summed E-state index contributed by atoms with van der Waals surface area (Å²) in [7, 11) is 1.27. The number of aromatic nitrogens is 3. The van der Waals surface area contributed by atoms with E-state index in [1.165, 1.54) is 13.4 Å². The third kappa shape index (κ3) is 4.98. The zero-order chi connectivity index (χ0) is 27.6. The van der Waals surface area contributed by atoms with Gasteiger partial charge >= 0.3 is 5.97 Å². The number of fused-ring (bicyclic) bond motifs is 1. The number of benzene rings is 2. The van der Waals surface area contributed by atoms with E-state index < -0.39 is 18.2 Å². The number of nitrogens with zero attached hydrogens (tertiary/aromatic N) is 3. The van der Waals surface area contributed by atoms with Gasteiger partial charge in [-0.3, -0.25) is 9.59 Å². The molecule has 0 radical (unpaired) electrons. The number of nitrogens with one attached hydrogen (secondary N) is 2. The number of H-pyrrole nitrogens is 1. The summed E-state index contributed by atoms with van der Waals surface area (Å²) in [6, 6.07) is 16.3. The molecule has 2 aromatic carbocycles. The van der Waals surface area contributed by atoms with Gasteiger partial charge in [0.15, 0.2) is 18.0 Å². The molecule has 2 fully saturated rings. The molecule has 40 heavy (non-hydrogen) atoms. The number of aromatic amines is 1. The number of carbonyl (C=O) groups is 3. The van der Waals surface area contributed by atoms with E-state index in [0.29, 0.717) is 52.6 Å². The van der Waals surface area contributed by atoms with Gasteiger partial charge in [-0.25, -0.2) is 14.8 Å². The molecule has 3 atom stereocenters. The average Bonchev–Trinajstić information content (AvgIpc) is 3.44. The highest BCUT2D eigenvalue weighted by Crippen LogP contribution is 2.31. The molecule has 3 unspecified atom stereocenters. The molecule has 11 nitrogen and oxygen atoms in total. The van der Waals surface area contributed by atoms with Crippen molar-refractivity contribution in [2.24, 2.45) is 0 Å². The highest BCUT2D eigenvalue weighted by molar-refractivity contribution is 6.18. The summed E-state index contributed by atoms with van der Waals surface area (Å²) in [5.41, 5.74) is 1.45. The largest absolute Gasteiger partial charge is 0.467 e. The molecule has 2 aliphatic heterocycles. The Labute approximate surface area is 229 Å². The SMILES string of the molecule is COC(=O)C1OC1C(=O)N1CCCC1CNc1ncnc2[nH]cc(C(=O)c3ccc(Oc4ccccc4)cc3)c12. The van der Waals surface area contributed by atoms with Gasteiger partial charge in [0.05, 0.1) is 18.1 Å². The van der Waals surface area contributed by atoms with Crippen molar-refractivity contribution in [2.75, 3.05) is 25.5 Å². The van der Waals surface area contributed by atoms with E-state index in [2.05, 4.69) is 25.0 Å². The van der Waals surface area contributed by atoms with E-state index in [0.717, 1.165) is 12.8 Å². The van der Waals surface area contributed by atoms with Crippen LogP contribution >= 0.6 is 0 Å². The molecule has 2 saturated heterocycles. The minimum absolute atomic E-state index is 0.115. The van der Waals surface area contributed by atoms with Crippen molar-refractivity contribution in [3.8, 4) is 11.5 Å². The van der Waals surface area contributed by atoms with E-state index in [-0.39, 0.29) is 17.7 Å². The van der Waals surface area contributed by atoms with E-state index in [1.54, 1.807) is 35.4 Å². The number of rotatable bonds is 9. The van der Waals surface area contributed by atoms with Crippen molar-refractivity contribution in [2.45, 2.75) is 31.1 Å². The molecule has 204 valence electrons. The van der Waals surface area contributed by atoms with E-state index in [9.17, 15) is 14.4 Å². The van der Waals surface area contributed by atoms with Gasteiger partial charge in [-0.05, 0) is 49.2 Å². The monoisotopic (exact) mass is 541 g/mol. The number of para-hydroxylation sites is 1. The maximum Gasteiger partial charge on any atom is 0.338 e. The first kappa shape index (κ1) is 25.5. The highest BCUT2D eigenvalue weighted by Gasteiger charge is 2.54. The molecule has 0 aliphatic carbocycles. The van der Waals surface area contributed by atoms with Crippen molar-refractivity contribution in [3.05, 3.63) is 78.2 Å². The molecule has 2 aliphatic rings. The van der Waals surface area contributed by atoms with Crippen molar-refractivity contribution in [1.82, 2.24) is 19.9 Å². The smallest absolute Gasteiger partial charge is 0.338 e. The first-order valence-electron chi connectivity index (χ1n) is 13.0. The number of amides is 1. The summed E-state index contributed by atoms with van der Waals surface area (Å²) < 4.78 is 15.8. The number of likely N-dealkylation sites (tertiary alicyclic amines) is 1. The Morgan fingerprint density at radius 2 is 1.82 bits per heavy atom. The number of epoxide rings is 1. The minimum Gasteiger partial charge on any atom is -0.467 e. The second-order valence-corrected chi connectivity index (χ2v) is 9.63. The van der Waals surface area contributed by atoms with Gasteiger partial charge in [0.2, 0.25) is 0 Å². The van der Waals surface area contributed by atoms with Gasteiger partial charge in [-0.2, -0.15) is 0 Å². The third-order valence-electron chi connectivity index (χ3n) is 7.14. The Hall–Kier alpha value is -4.77. The van der Waals surface area contributed by atoms with Crippen LogP contribution in [0.2, 0.25) is 0 Å². The second kappa shape index (κ2) is 10.8. The van der Waals surface area contributed by atoms with Gasteiger partial charge < -0.3 is 29.4 Å². The van der Waals surface area contributed by atoms with Crippen molar-refractivity contribution >= 4 is 34.5 Å². The number of methoxy groups -OCH3 is 1. The van der Waals surface area contributed by atoms with E-state index in [1.807, 2.05) is 30.3 Å². The van der Waals surface area contributed by atoms with Crippen molar-refractivity contribution < 1.29 is 28.6 Å². The third-order valence-corrected chi connectivity index (χ3v) is 7.14. The summed E-state index contributed by atoms with van der Waals surface area (Å²) in [5, 5.41) is 3.89. The van der Waals surface area contributed by atoms with E-state index in [4.69, 9.17) is 9.47 Å². The molecule has 0 spiro atoms. The Kier molecular flexibility index (Phi) is 6.87. The highest BCUT2D eigenvalue weighted by atomic mass is 16.6. The summed E-state index contributed by atoms with van der Waals surface area (Å²) >= 11 is 0. The topological polar surface area (TPSA) is 139 Å². The first-order chi connectivity index (χ1) is 19.5. The molecule has 1 amide bonds. The lowest BCUT2D eigenvalue weighted by Crippen LogP contribution is -2.42. The molecule has 0 saturated carbocycles. The van der Waals surface area contributed by atoms with Crippen LogP contribution < -0.4 is 10.1 Å². The number of esters is 1. The van der Waals surface area contributed by atoms with Gasteiger partial charge in [0.25, 0.3) is 5.91 Å². The number of hydrogen-bond donors (Lipinski definition) is 2. The molecule has 4 heterocycles. The quantitative estimate of drug-likeness (QED) is 0.186. The molecular weight excluding hydrogens is 514 g/mol. The molecule has 11 heteroatoms. The molecule has 4 aromatic rings. The van der Waals surface area contributed by atoms with Crippen LogP contribution in [-0.4, -0.2) is 76.0 Å². The van der Waals surface area contributed by atoms with Crippen LogP contribution in [0.4, 0.5) is 5.82 Å². The van der Waals surface area contributed by atoms with Crippen LogP contribution in [0, 0.1) is 0 Å². The zero-order valence-electron chi connectivity index (χ0n) is 21.7. The Bertz CT molecular complexity index is 1550. The number of ether oxygens (including phenoxy) is 3. The maximum absolute atomic E-state index is 13.5. The molecular formula is C29H27N5O6. The van der Waals surface area contributed by atoms with Crippen molar-refractivity contribution in [3.63, 3.8) is 0 Å². The summed E-state index contributed by atoms with van der Waals surface area (Å²) in [6.07, 6.45) is 3.05. The fourth-order valence-corrected chi connectivity index (χ4v) is 5.04. The fraction of sp³-hybridized carbons (Fsp3) is 0.276. The lowest BCUT2D eigenvalue weighted by atomic mass is 10.0. The average molecular weight is 542 g/mol. The molecule has 2 aromatic heterocycles. The molecule has 6 rings (SSSR count). The van der Waals surface area contributed by atoms with Gasteiger partial charge in [-0.1, -0.05) is 18.2 Å². The fourth-order valence-electron chi connectivity index (χ4n) is 5.04. The standard InChI is InChI=1S/C29H27N5O6/c1-38-29(37)25-24(40-25)28(36)34-13-5-6-18(34)14-30-26-22-21(15-31-27(22)33-16-32-26)23(35)17-9-11-20(12-10-17)39-19-7-3-2-4-8-19/h2-4,7-12,15-16,18,24-25H,5-6,13-14H2,1H3,(H2,30,31,32,33). The molecule has 0 bridgehead atoms.